The van der Waals surface area contributed by atoms with Crippen LogP contribution in [0.4, 0.5) is 4.39 Å². The Labute approximate surface area is 75.3 Å². The van der Waals surface area contributed by atoms with Crippen molar-refractivity contribution in [3.05, 3.63) is 35.6 Å². The van der Waals surface area contributed by atoms with Crippen LogP contribution in [-0.2, 0) is 16.1 Å². The van der Waals surface area contributed by atoms with Crippen molar-refractivity contribution in [3.63, 3.8) is 0 Å². The maximum Gasteiger partial charge on any atom is 0.384 e. The molecule has 0 spiro atoms. The SMILES string of the molecule is C#CC(=O)OCc1cccc(F)c1. The number of hydrogen-bond acceptors (Lipinski definition) is 2. The van der Waals surface area contributed by atoms with Crippen molar-refractivity contribution < 1.29 is 13.9 Å². The van der Waals surface area contributed by atoms with Gasteiger partial charge in [-0.1, -0.05) is 12.1 Å². The summed E-state index contributed by atoms with van der Waals surface area (Å²) in [5.41, 5.74) is 0.573. The molecule has 0 saturated heterocycles. The number of esters is 1. The van der Waals surface area contributed by atoms with Crippen LogP contribution in [0, 0.1) is 18.2 Å². The molecule has 0 aliphatic heterocycles. The third kappa shape index (κ3) is 2.96. The number of carbonyl (C=O) groups excluding carboxylic acids is 1. The summed E-state index contributed by atoms with van der Waals surface area (Å²) < 4.78 is 17.2. The highest BCUT2D eigenvalue weighted by Gasteiger charge is 1.98. The molecule has 0 N–H and O–H groups in total. The van der Waals surface area contributed by atoms with Crippen LogP contribution >= 0.6 is 0 Å². The van der Waals surface area contributed by atoms with E-state index in [4.69, 9.17) is 6.42 Å². The van der Waals surface area contributed by atoms with Crippen molar-refractivity contribution in [1.29, 1.82) is 0 Å². The Bertz CT molecular complexity index is 352. The maximum atomic E-state index is 12.6. The summed E-state index contributed by atoms with van der Waals surface area (Å²) in [6, 6.07) is 5.78. The number of rotatable bonds is 2. The number of benzene rings is 1. The van der Waals surface area contributed by atoms with E-state index in [0.29, 0.717) is 5.56 Å². The topological polar surface area (TPSA) is 26.3 Å². The van der Waals surface area contributed by atoms with Crippen LogP contribution in [0.1, 0.15) is 5.56 Å². The van der Waals surface area contributed by atoms with Gasteiger partial charge in [-0.25, -0.2) is 9.18 Å². The normalized spacial score (nSPS) is 8.92. The van der Waals surface area contributed by atoms with Gasteiger partial charge < -0.3 is 4.74 Å². The molecular weight excluding hydrogens is 171 g/mol. The van der Waals surface area contributed by atoms with Gasteiger partial charge in [-0.05, 0) is 17.7 Å². The molecule has 1 aromatic rings. The van der Waals surface area contributed by atoms with Crippen LogP contribution in [0.15, 0.2) is 24.3 Å². The third-order valence-electron chi connectivity index (χ3n) is 1.38. The van der Waals surface area contributed by atoms with E-state index >= 15 is 0 Å². The van der Waals surface area contributed by atoms with Crippen molar-refractivity contribution in [3.8, 4) is 12.3 Å². The highest BCUT2D eigenvalue weighted by atomic mass is 19.1. The summed E-state index contributed by atoms with van der Waals surface area (Å²) in [5.74, 6) is 0.682. The smallest absolute Gasteiger partial charge is 0.384 e. The Morgan fingerprint density at radius 3 is 3.00 bits per heavy atom. The fraction of sp³-hybridized carbons (Fsp3) is 0.100. The maximum absolute atomic E-state index is 12.6. The minimum absolute atomic E-state index is 0.000787. The molecule has 66 valence electrons. The highest BCUT2D eigenvalue weighted by Crippen LogP contribution is 2.04. The van der Waals surface area contributed by atoms with E-state index in [1.54, 1.807) is 12.0 Å². The Balaban J connectivity index is 2.56. The van der Waals surface area contributed by atoms with Crippen molar-refractivity contribution in [1.82, 2.24) is 0 Å². The minimum Gasteiger partial charge on any atom is -0.451 e. The number of carbonyl (C=O) groups is 1. The second-order valence-electron chi connectivity index (χ2n) is 2.35. The van der Waals surface area contributed by atoms with E-state index in [1.807, 2.05) is 0 Å². The van der Waals surface area contributed by atoms with Crippen molar-refractivity contribution in [2.75, 3.05) is 0 Å². The molecule has 3 heteroatoms. The van der Waals surface area contributed by atoms with Crippen LogP contribution in [0.25, 0.3) is 0 Å². The number of halogens is 1. The van der Waals surface area contributed by atoms with Crippen LogP contribution < -0.4 is 0 Å². The number of hydrogen-bond donors (Lipinski definition) is 0. The molecule has 2 nitrogen and oxygen atoms in total. The molecule has 0 fully saturated rings. The summed E-state index contributed by atoms with van der Waals surface area (Å²) in [6.45, 7) is 0.000787. The lowest BCUT2D eigenvalue weighted by atomic mass is 10.2. The summed E-state index contributed by atoms with van der Waals surface area (Å²) in [6.07, 6.45) is 4.77. The van der Waals surface area contributed by atoms with Gasteiger partial charge in [0.15, 0.2) is 0 Å². The van der Waals surface area contributed by atoms with E-state index in [-0.39, 0.29) is 12.4 Å². The van der Waals surface area contributed by atoms with Gasteiger partial charge in [-0.3, -0.25) is 0 Å². The second kappa shape index (κ2) is 4.27. The molecule has 13 heavy (non-hydrogen) atoms. The van der Waals surface area contributed by atoms with Gasteiger partial charge in [0.05, 0.1) is 0 Å². The van der Waals surface area contributed by atoms with Crippen molar-refractivity contribution in [2.45, 2.75) is 6.61 Å². The first-order valence-electron chi connectivity index (χ1n) is 3.60. The molecule has 0 bridgehead atoms. The van der Waals surface area contributed by atoms with Gasteiger partial charge in [0.1, 0.15) is 12.4 Å². The molecule has 0 amide bonds. The fourth-order valence-corrected chi connectivity index (χ4v) is 0.817. The lowest BCUT2D eigenvalue weighted by molar-refractivity contribution is -0.137. The van der Waals surface area contributed by atoms with Gasteiger partial charge in [-0.2, -0.15) is 0 Å². The van der Waals surface area contributed by atoms with Gasteiger partial charge in [-0.15, -0.1) is 6.42 Å². The van der Waals surface area contributed by atoms with Gasteiger partial charge in [0.25, 0.3) is 0 Å². The van der Waals surface area contributed by atoms with Crippen molar-refractivity contribution >= 4 is 5.97 Å². The highest BCUT2D eigenvalue weighted by molar-refractivity contribution is 5.87. The summed E-state index contributed by atoms with van der Waals surface area (Å²) in [4.78, 5) is 10.5. The van der Waals surface area contributed by atoms with Crippen LogP contribution in [0.5, 0.6) is 0 Å². The predicted molar refractivity (Wildman–Crippen MR) is 45.0 cm³/mol. The van der Waals surface area contributed by atoms with Gasteiger partial charge in [0.2, 0.25) is 0 Å². The lowest BCUT2D eigenvalue weighted by Crippen LogP contribution is -2.00. The average molecular weight is 178 g/mol. The van der Waals surface area contributed by atoms with E-state index in [9.17, 15) is 9.18 Å². The number of terminal acetylenes is 1. The summed E-state index contributed by atoms with van der Waals surface area (Å²) in [5, 5.41) is 0. The molecule has 0 unspecified atom stereocenters. The molecule has 0 saturated carbocycles. The molecule has 0 aliphatic rings. The minimum atomic E-state index is -0.746. The standard InChI is InChI=1S/C10H7FO2/c1-2-10(12)13-7-8-4-3-5-9(11)6-8/h1,3-6H,7H2. The zero-order valence-corrected chi connectivity index (χ0v) is 6.79. The molecule has 0 aromatic heterocycles. The quantitative estimate of drug-likeness (QED) is 0.389. The predicted octanol–water partition coefficient (Wildman–Crippen LogP) is 1.50. The zero-order chi connectivity index (χ0) is 9.68. The average Bonchev–Trinajstić information content (AvgIpc) is 2.14. The van der Waals surface area contributed by atoms with E-state index < -0.39 is 5.97 Å². The second-order valence-corrected chi connectivity index (χ2v) is 2.35. The molecule has 0 heterocycles. The zero-order valence-electron chi connectivity index (χ0n) is 6.79. The Hall–Kier alpha value is -1.82. The van der Waals surface area contributed by atoms with Crippen LogP contribution in [-0.4, -0.2) is 5.97 Å². The lowest BCUT2D eigenvalue weighted by Gasteiger charge is -2.00. The van der Waals surface area contributed by atoms with Gasteiger partial charge >= 0.3 is 5.97 Å². The van der Waals surface area contributed by atoms with Crippen LogP contribution in [0.2, 0.25) is 0 Å². The summed E-state index contributed by atoms with van der Waals surface area (Å²) >= 11 is 0. The molecule has 1 rings (SSSR count). The largest absolute Gasteiger partial charge is 0.451 e. The Kier molecular flexibility index (Phi) is 3.04. The monoisotopic (exact) mass is 178 g/mol. The fourth-order valence-electron chi connectivity index (χ4n) is 0.817. The van der Waals surface area contributed by atoms with Crippen LogP contribution in [0.3, 0.4) is 0 Å². The Morgan fingerprint density at radius 1 is 1.62 bits per heavy atom. The third-order valence-corrected chi connectivity index (χ3v) is 1.38. The molecular formula is C10H7FO2. The number of ether oxygens (including phenoxy) is 1. The first-order chi connectivity index (χ1) is 6.22. The van der Waals surface area contributed by atoms with Gasteiger partial charge in [0, 0.05) is 5.92 Å². The first kappa shape index (κ1) is 9.27. The Morgan fingerprint density at radius 2 is 2.38 bits per heavy atom. The molecule has 0 atom stereocenters. The first-order valence-corrected chi connectivity index (χ1v) is 3.60. The van der Waals surface area contributed by atoms with Crippen molar-refractivity contribution in [2.24, 2.45) is 0 Å². The molecule has 0 aliphatic carbocycles. The summed E-state index contributed by atoms with van der Waals surface area (Å²) in [7, 11) is 0. The molecule has 1 aromatic carbocycles. The van der Waals surface area contributed by atoms with E-state index in [2.05, 4.69) is 4.74 Å². The molecule has 0 radical (unpaired) electrons. The van der Waals surface area contributed by atoms with E-state index in [0.717, 1.165) is 0 Å². The van der Waals surface area contributed by atoms with E-state index in [1.165, 1.54) is 18.2 Å².